The van der Waals surface area contributed by atoms with Crippen molar-refractivity contribution >= 4 is 0 Å². The molecule has 0 aromatic rings. The summed E-state index contributed by atoms with van der Waals surface area (Å²) in [6.07, 6.45) is 1.52. The molecule has 2 atom stereocenters. The second kappa shape index (κ2) is 5.58. The molecule has 3 heteroatoms. The summed E-state index contributed by atoms with van der Waals surface area (Å²) in [6.45, 7) is 7.62. The number of hydrogen-bond acceptors (Lipinski definition) is 3. The quantitative estimate of drug-likeness (QED) is 0.644. The van der Waals surface area contributed by atoms with Gasteiger partial charge in [-0.3, -0.25) is 4.90 Å². The lowest BCUT2D eigenvalue weighted by Crippen LogP contribution is -2.37. The van der Waals surface area contributed by atoms with Crippen molar-refractivity contribution in [1.29, 1.82) is 0 Å². The molecular weight excluding hydrogens is 166 g/mol. The Morgan fingerprint density at radius 2 is 2.08 bits per heavy atom. The molecule has 3 nitrogen and oxygen atoms in total. The van der Waals surface area contributed by atoms with Crippen molar-refractivity contribution in [3.8, 4) is 0 Å². The minimum Gasteiger partial charge on any atom is -0.380 e. The van der Waals surface area contributed by atoms with Crippen molar-refractivity contribution < 1.29 is 9.47 Å². The lowest BCUT2D eigenvalue weighted by atomic mass is 10.2. The summed E-state index contributed by atoms with van der Waals surface area (Å²) >= 11 is 0. The summed E-state index contributed by atoms with van der Waals surface area (Å²) in [5.74, 6) is 0. The maximum atomic E-state index is 5.66. The van der Waals surface area contributed by atoms with Gasteiger partial charge in [-0.15, -0.1) is 0 Å². The topological polar surface area (TPSA) is 21.7 Å². The van der Waals surface area contributed by atoms with Crippen LogP contribution in [0.1, 0.15) is 20.3 Å². The predicted octanol–water partition coefficient (Wildman–Crippen LogP) is 1.13. The van der Waals surface area contributed by atoms with Crippen molar-refractivity contribution in [2.24, 2.45) is 0 Å². The lowest BCUT2D eigenvalue weighted by molar-refractivity contribution is 0.000736. The Bertz CT molecular complexity index is 139. The fraction of sp³-hybridized carbons (Fsp3) is 1.00. The van der Waals surface area contributed by atoms with Crippen LogP contribution in [0, 0.1) is 0 Å². The zero-order chi connectivity index (χ0) is 9.68. The van der Waals surface area contributed by atoms with Crippen LogP contribution in [0.5, 0.6) is 0 Å². The predicted molar refractivity (Wildman–Crippen MR) is 52.9 cm³/mol. The van der Waals surface area contributed by atoms with Crippen LogP contribution in [0.2, 0.25) is 0 Å². The number of hydrogen-bond donors (Lipinski definition) is 0. The fourth-order valence-electron chi connectivity index (χ4n) is 1.85. The third-order valence-corrected chi connectivity index (χ3v) is 2.64. The van der Waals surface area contributed by atoms with Crippen molar-refractivity contribution in [2.45, 2.75) is 32.4 Å². The number of likely N-dealkylation sites (tertiary alicyclic amines) is 1. The first-order chi connectivity index (χ1) is 6.29. The Morgan fingerprint density at radius 1 is 1.31 bits per heavy atom. The molecular formula is C10H21NO2. The molecule has 0 aliphatic carbocycles. The first-order valence-electron chi connectivity index (χ1n) is 5.19. The van der Waals surface area contributed by atoms with Crippen LogP contribution >= 0.6 is 0 Å². The maximum absolute atomic E-state index is 5.66. The van der Waals surface area contributed by atoms with Crippen LogP contribution in [0.4, 0.5) is 0 Å². The van der Waals surface area contributed by atoms with E-state index in [4.69, 9.17) is 9.47 Å². The highest BCUT2D eigenvalue weighted by molar-refractivity contribution is 4.85. The minimum absolute atomic E-state index is 0.376. The molecule has 78 valence electrons. The van der Waals surface area contributed by atoms with Gasteiger partial charge in [0.2, 0.25) is 0 Å². The van der Waals surface area contributed by atoms with E-state index in [1.165, 1.54) is 0 Å². The monoisotopic (exact) mass is 187 g/mol. The highest BCUT2D eigenvalue weighted by Crippen LogP contribution is 2.19. The first kappa shape index (κ1) is 11.0. The van der Waals surface area contributed by atoms with Crippen LogP contribution in [0.25, 0.3) is 0 Å². The van der Waals surface area contributed by atoms with Crippen molar-refractivity contribution in [1.82, 2.24) is 4.90 Å². The van der Waals surface area contributed by atoms with Gasteiger partial charge in [0.1, 0.15) is 0 Å². The van der Waals surface area contributed by atoms with Crippen LogP contribution in [-0.2, 0) is 9.47 Å². The molecule has 0 amide bonds. The van der Waals surface area contributed by atoms with Crippen LogP contribution in [-0.4, -0.2) is 50.5 Å². The second-order valence-corrected chi connectivity index (χ2v) is 3.49. The third kappa shape index (κ3) is 2.93. The van der Waals surface area contributed by atoms with Crippen molar-refractivity contribution in [3.63, 3.8) is 0 Å². The van der Waals surface area contributed by atoms with Gasteiger partial charge < -0.3 is 9.47 Å². The molecule has 1 saturated heterocycles. The molecule has 0 N–H and O–H groups in total. The van der Waals surface area contributed by atoms with E-state index in [0.717, 1.165) is 32.8 Å². The van der Waals surface area contributed by atoms with Gasteiger partial charge in [-0.1, -0.05) is 0 Å². The minimum atomic E-state index is 0.376. The van der Waals surface area contributed by atoms with E-state index in [0.29, 0.717) is 12.1 Å². The van der Waals surface area contributed by atoms with Gasteiger partial charge in [-0.2, -0.15) is 0 Å². The molecule has 0 bridgehead atoms. The van der Waals surface area contributed by atoms with E-state index in [-0.39, 0.29) is 0 Å². The van der Waals surface area contributed by atoms with Crippen LogP contribution < -0.4 is 0 Å². The molecule has 0 radical (unpaired) electrons. The van der Waals surface area contributed by atoms with Gasteiger partial charge in [0.25, 0.3) is 0 Å². The van der Waals surface area contributed by atoms with Crippen LogP contribution in [0.3, 0.4) is 0 Å². The van der Waals surface area contributed by atoms with E-state index in [1.54, 1.807) is 0 Å². The zero-order valence-electron chi connectivity index (χ0n) is 8.95. The van der Waals surface area contributed by atoms with Crippen molar-refractivity contribution in [2.75, 3.05) is 33.4 Å². The third-order valence-electron chi connectivity index (χ3n) is 2.64. The molecule has 1 fully saturated rings. The number of rotatable bonds is 5. The summed E-state index contributed by atoms with van der Waals surface area (Å²) in [5.41, 5.74) is 0. The summed E-state index contributed by atoms with van der Waals surface area (Å²) in [4.78, 5) is 2.33. The molecule has 0 spiro atoms. The van der Waals surface area contributed by atoms with E-state index in [2.05, 4.69) is 18.9 Å². The Morgan fingerprint density at radius 3 is 2.69 bits per heavy atom. The standard InChI is InChI=1S/C10H21NO2/c1-4-12-8-9-10(13-5-2)6-7-11(9)3/h9-10H,4-8H2,1-3H3/t9-,10+/m1/s1. The maximum Gasteiger partial charge on any atom is 0.0764 e. The number of ether oxygens (including phenoxy) is 2. The highest BCUT2D eigenvalue weighted by Gasteiger charge is 2.31. The largest absolute Gasteiger partial charge is 0.380 e. The van der Waals surface area contributed by atoms with Gasteiger partial charge in [-0.25, -0.2) is 0 Å². The normalized spacial score (nSPS) is 29.8. The smallest absolute Gasteiger partial charge is 0.0764 e. The Labute approximate surface area is 81.0 Å². The number of nitrogens with zero attached hydrogens (tertiary/aromatic N) is 1. The average molecular weight is 187 g/mol. The molecule has 0 aromatic carbocycles. The lowest BCUT2D eigenvalue weighted by Gasteiger charge is -2.24. The number of likely N-dealkylation sites (N-methyl/N-ethyl adjacent to an activating group) is 1. The average Bonchev–Trinajstić information content (AvgIpc) is 2.45. The Kier molecular flexibility index (Phi) is 4.70. The molecule has 13 heavy (non-hydrogen) atoms. The van der Waals surface area contributed by atoms with E-state index >= 15 is 0 Å². The van der Waals surface area contributed by atoms with Gasteiger partial charge in [-0.05, 0) is 27.3 Å². The summed E-state index contributed by atoms with van der Waals surface area (Å²) < 4.78 is 11.1. The second-order valence-electron chi connectivity index (χ2n) is 3.49. The molecule has 0 saturated carbocycles. The van der Waals surface area contributed by atoms with Gasteiger partial charge >= 0.3 is 0 Å². The summed E-state index contributed by atoms with van der Waals surface area (Å²) in [7, 11) is 2.14. The van der Waals surface area contributed by atoms with Crippen molar-refractivity contribution in [3.05, 3.63) is 0 Å². The van der Waals surface area contributed by atoms with E-state index < -0.39 is 0 Å². The van der Waals surface area contributed by atoms with E-state index in [9.17, 15) is 0 Å². The molecule has 1 heterocycles. The Hall–Kier alpha value is -0.120. The van der Waals surface area contributed by atoms with Crippen LogP contribution in [0.15, 0.2) is 0 Å². The van der Waals surface area contributed by atoms with Gasteiger partial charge in [0.05, 0.1) is 18.8 Å². The summed E-state index contributed by atoms with van der Waals surface area (Å²) in [6, 6.07) is 0.458. The zero-order valence-corrected chi connectivity index (χ0v) is 8.95. The SMILES string of the molecule is CCOC[C@@H]1[C@@H](OCC)CCN1C. The molecule has 1 aliphatic heterocycles. The van der Waals surface area contributed by atoms with Gasteiger partial charge in [0, 0.05) is 19.8 Å². The van der Waals surface area contributed by atoms with Gasteiger partial charge in [0.15, 0.2) is 0 Å². The van der Waals surface area contributed by atoms with E-state index in [1.807, 2.05) is 6.92 Å². The molecule has 0 aromatic heterocycles. The fourth-order valence-corrected chi connectivity index (χ4v) is 1.85. The Balaban J connectivity index is 2.35. The highest BCUT2D eigenvalue weighted by atomic mass is 16.5. The first-order valence-corrected chi connectivity index (χ1v) is 5.19. The molecule has 1 rings (SSSR count). The molecule has 0 unspecified atom stereocenters. The molecule has 1 aliphatic rings. The summed E-state index contributed by atoms with van der Waals surface area (Å²) in [5, 5.41) is 0.